The van der Waals surface area contributed by atoms with Crippen molar-refractivity contribution >= 4 is 17.7 Å². The Balaban J connectivity index is 1.63. The number of rotatable bonds is 5. The molecule has 3 N–H and O–H groups in total. The molecule has 0 spiro atoms. The summed E-state index contributed by atoms with van der Waals surface area (Å²) >= 11 is 1.14. The van der Waals surface area contributed by atoms with E-state index in [0.717, 1.165) is 24.6 Å². The Morgan fingerprint density at radius 3 is 2.68 bits per heavy atom. The molecule has 1 saturated carbocycles. The highest BCUT2D eigenvalue weighted by molar-refractivity contribution is 7.99. The van der Waals surface area contributed by atoms with Gasteiger partial charge >= 0.3 is 0 Å². The zero-order valence-electron chi connectivity index (χ0n) is 13.4. The number of carbonyl (C=O) groups is 1. The summed E-state index contributed by atoms with van der Waals surface area (Å²) in [4.78, 5) is 12.1. The minimum Gasteiger partial charge on any atom is -0.337 e. The van der Waals surface area contributed by atoms with E-state index < -0.39 is 5.54 Å². The molecule has 7 nitrogen and oxygen atoms in total. The van der Waals surface area contributed by atoms with E-state index in [1.165, 1.54) is 16.8 Å². The number of hydrogen-bond donors (Lipinski definition) is 2. The lowest BCUT2D eigenvalue weighted by Crippen LogP contribution is -2.45. The number of amides is 1. The van der Waals surface area contributed by atoms with E-state index in [0.29, 0.717) is 29.4 Å². The van der Waals surface area contributed by atoms with Crippen LogP contribution in [0.2, 0.25) is 0 Å². The van der Waals surface area contributed by atoms with E-state index in [-0.39, 0.29) is 17.5 Å². The second kappa shape index (κ2) is 7.11. The van der Waals surface area contributed by atoms with Gasteiger partial charge in [-0.05, 0) is 49.9 Å². The first-order valence-electron chi connectivity index (χ1n) is 7.84. The largest absolute Gasteiger partial charge is 0.337 e. The first kappa shape index (κ1) is 17.2. The van der Waals surface area contributed by atoms with E-state index in [9.17, 15) is 14.4 Å². The van der Waals surface area contributed by atoms with Crippen LogP contribution in [0.4, 0.5) is 4.39 Å². The molecule has 1 aliphatic carbocycles. The van der Waals surface area contributed by atoms with Crippen molar-refractivity contribution in [3.8, 4) is 17.5 Å². The number of nitriles is 1. The second-order valence-electron chi connectivity index (χ2n) is 5.92. The Kier molecular flexibility index (Phi) is 4.90. The third-order valence-electron chi connectivity index (χ3n) is 4.15. The molecule has 1 heterocycles. The van der Waals surface area contributed by atoms with Crippen molar-refractivity contribution in [2.24, 2.45) is 0 Å². The van der Waals surface area contributed by atoms with Crippen LogP contribution in [0.15, 0.2) is 29.4 Å². The van der Waals surface area contributed by atoms with Crippen LogP contribution in [0.1, 0.15) is 25.7 Å². The molecule has 0 saturated heterocycles. The van der Waals surface area contributed by atoms with E-state index in [4.69, 9.17) is 5.84 Å². The van der Waals surface area contributed by atoms with Crippen molar-refractivity contribution in [3.05, 3.63) is 30.1 Å². The molecular formula is C16H17FN6OS. The predicted molar refractivity (Wildman–Crippen MR) is 91.2 cm³/mol. The average Bonchev–Trinajstić information content (AvgIpc) is 3.21. The SMILES string of the molecule is N#CC1(NC(=O)CSc2nnc(-c3ccc(F)cc3)n2N)CCCC1. The highest BCUT2D eigenvalue weighted by Crippen LogP contribution is 2.29. The molecule has 2 aromatic rings. The van der Waals surface area contributed by atoms with Gasteiger partial charge < -0.3 is 11.2 Å². The van der Waals surface area contributed by atoms with Gasteiger partial charge in [-0.15, -0.1) is 10.2 Å². The number of nitrogens with one attached hydrogen (secondary N) is 1. The van der Waals surface area contributed by atoms with Gasteiger partial charge in [0.15, 0.2) is 5.82 Å². The Hall–Kier alpha value is -2.60. The topological polar surface area (TPSA) is 110 Å². The van der Waals surface area contributed by atoms with E-state index in [2.05, 4.69) is 21.6 Å². The standard InChI is InChI=1S/C16H17FN6OS/c17-12-5-3-11(4-6-12)14-21-22-15(23(14)19)25-9-13(24)20-16(10-18)7-1-2-8-16/h3-6H,1-2,7-9,19H2,(H,20,24). The first-order chi connectivity index (χ1) is 12.0. The van der Waals surface area contributed by atoms with Gasteiger partial charge in [0.2, 0.25) is 11.1 Å². The Morgan fingerprint density at radius 2 is 2.04 bits per heavy atom. The molecule has 9 heteroatoms. The van der Waals surface area contributed by atoms with Gasteiger partial charge in [0.05, 0.1) is 11.8 Å². The minimum atomic E-state index is -0.743. The number of halogens is 1. The molecule has 0 radical (unpaired) electrons. The van der Waals surface area contributed by atoms with E-state index >= 15 is 0 Å². The summed E-state index contributed by atoms with van der Waals surface area (Å²) < 4.78 is 14.3. The number of hydrogen-bond acceptors (Lipinski definition) is 6. The molecule has 1 fully saturated rings. The quantitative estimate of drug-likeness (QED) is 0.622. The molecule has 1 aliphatic rings. The molecule has 0 aliphatic heterocycles. The number of aromatic nitrogens is 3. The van der Waals surface area contributed by atoms with Crippen LogP contribution >= 0.6 is 11.8 Å². The molecular weight excluding hydrogens is 343 g/mol. The molecule has 1 amide bonds. The average molecular weight is 360 g/mol. The van der Waals surface area contributed by atoms with Crippen molar-refractivity contribution in [2.45, 2.75) is 36.4 Å². The lowest BCUT2D eigenvalue weighted by Gasteiger charge is -2.21. The zero-order chi connectivity index (χ0) is 17.9. The normalized spacial score (nSPS) is 15.7. The van der Waals surface area contributed by atoms with Gasteiger partial charge in [0.25, 0.3) is 0 Å². The van der Waals surface area contributed by atoms with Crippen LogP contribution in [-0.4, -0.2) is 32.1 Å². The van der Waals surface area contributed by atoms with Crippen LogP contribution < -0.4 is 11.2 Å². The van der Waals surface area contributed by atoms with Crippen molar-refractivity contribution < 1.29 is 9.18 Å². The smallest absolute Gasteiger partial charge is 0.231 e. The number of nitrogens with two attached hydrogens (primary N) is 1. The van der Waals surface area contributed by atoms with E-state index in [1.54, 1.807) is 12.1 Å². The molecule has 3 rings (SSSR count). The fourth-order valence-electron chi connectivity index (χ4n) is 2.85. The summed E-state index contributed by atoms with van der Waals surface area (Å²) in [7, 11) is 0. The molecule has 0 atom stereocenters. The molecule has 0 unspecified atom stereocenters. The van der Waals surface area contributed by atoms with Crippen LogP contribution in [-0.2, 0) is 4.79 Å². The fraction of sp³-hybridized carbons (Fsp3) is 0.375. The van der Waals surface area contributed by atoms with Gasteiger partial charge in [-0.3, -0.25) is 4.79 Å². The van der Waals surface area contributed by atoms with Crippen molar-refractivity contribution in [2.75, 3.05) is 11.6 Å². The lowest BCUT2D eigenvalue weighted by molar-refractivity contribution is -0.119. The maximum Gasteiger partial charge on any atom is 0.231 e. The monoisotopic (exact) mass is 360 g/mol. The van der Waals surface area contributed by atoms with Crippen LogP contribution in [0.5, 0.6) is 0 Å². The van der Waals surface area contributed by atoms with Crippen LogP contribution in [0.25, 0.3) is 11.4 Å². The maximum atomic E-state index is 13.0. The summed E-state index contributed by atoms with van der Waals surface area (Å²) in [5.74, 6) is 5.85. The summed E-state index contributed by atoms with van der Waals surface area (Å²) in [5.41, 5.74) is -0.116. The van der Waals surface area contributed by atoms with Gasteiger partial charge in [0.1, 0.15) is 11.4 Å². The third-order valence-corrected chi connectivity index (χ3v) is 5.09. The molecule has 0 bridgehead atoms. The summed E-state index contributed by atoms with van der Waals surface area (Å²) in [6.45, 7) is 0. The van der Waals surface area contributed by atoms with Crippen molar-refractivity contribution in [1.29, 1.82) is 5.26 Å². The highest BCUT2D eigenvalue weighted by atomic mass is 32.2. The number of benzene rings is 1. The van der Waals surface area contributed by atoms with Crippen LogP contribution in [0.3, 0.4) is 0 Å². The van der Waals surface area contributed by atoms with E-state index in [1.807, 2.05) is 0 Å². The summed E-state index contributed by atoms with van der Waals surface area (Å²) in [6, 6.07) is 7.96. The first-order valence-corrected chi connectivity index (χ1v) is 8.83. The number of nitrogen functional groups attached to an aromatic ring is 1. The number of thioether (sulfide) groups is 1. The summed E-state index contributed by atoms with van der Waals surface area (Å²) in [6.07, 6.45) is 3.25. The maximum absolute atomic E-state index is 13.0. The van der Waals surface area contributed by atoms with Crippen LogP contribution in [0, 0.1) is 17.1 Å². The molecule has 25 heavy (non-hydrogen) atoms. The minimum absolute atomic E-state index is 0.0855. The molecule has 1 aromatic heterocycles. The Bertz CT molecular complexity index is 807. The zero-order valence-corrected chi connectivity index (χ0v) is 14.2. The number of nitrogens with zero attached hydrogens (tertiary/aromatic N) is 4. The van der Waals surface area contributed by atoms with Crippen molar-refractivity contribution in [1.82, 2.24) is 20.2 Å². The fourth-order valence-corrected chi connectivity index (χ4v) is 3.50. The summed E-state index contributed by atoms with van der Waals surface area (Å²) in [5, 5.41) is 20.4. The van der Waals surface area contributed by atoms with Gasteiger partial charge in [-0.25, -0.2) is 9.07 Å². The molecule has 1 aromatic carbocycles. The Morgan fingerprint density at radius 1 is 1.36 bits per heavy atom. The van der Waals surface area contributed by atoms with Crippen molar-refractivity contribution in [3.63, 3.8) is 0 Å². The van der Waals surface area contributed by atoms with Gasteiger partial charge in [-0.2, -0.15) is 5.26 Å². The highest BCUT2D eigenvalue weighted by Gasteiger charge is 2.35. The predicted octanol–water partition coefficient (Wildman–Crippen LogP) is 1.84. The van der Waals surface area contributed by atoms with Gasteiger partial charge in [0, 0.05) is 5.56 Å². The lowest BCUT2D eigenvalue weighted by atomic mass is 10.0. The Labute approximate surface area is 148 Å². The van der Waals surface area contributed by atoms with Gasteiger partial charge in [-0.1, -0.05) is 11.8 Å². The second-order valence-corrected chi connectivity index (χ2v) is 6.86. The third kappa shape index (κ3) is 3.74. The number of carbonyl (C=O) groups excluding carboxylic acids is 1. The molecule has 130 valence electrons.